The van der Waals surface area contributed by atoms with E-state index < -0.39 is 17.8 Å². The Balaban J connectivity index is 1.97. The molecule has 0 heterocycles. The predicted octanol–water partition coefficient (Wildman–Crippen LogP) is 4.15. The van der Waals surface area contributed by atoms with Crippen molar-refractivity contribution in [3.63, 3.8) is 0 Å². The standard InChI is InChI=1S/C26H25N3O4/c1-33-21-14-8-13-20(15-21)29-25(19-11-6-3-7-12-19)26(32)24(27)22(16-28-17-23(30)31)18-9-4-2-5-10-18/h2-16,25,27-29H,17H2,1H3,(H,30,31)/b22-16-,27-24?. The van der Waals surface area contributed by atoms with Crippen LogP contribution >= 0.6 is 0 Å². The number of methoxy groups -OCH3 is 1. The lowest BCUT2D eigenvalue weighted by atomic mass is 9.92. The van der Waals surface area contributed by atoms with Gasteiger partial charge in [-0.05, 0) is 23.3 Å². The number of carbonyl (C=O) groups excluding carboxylic acids is 1. The molecule has 0 saturated carbocycles. The Morgan fingerprint density at radius 2 is 1.67 bits per heavy atom. The van der Waals surface area contributed by atoms with Crippen molar-refractivity contribution in [1.82, 2.24) is 5.32 Å². The first-order chi connectivity index (χ1) is 16.0. The van der Waals surface area contributed by atoms with Crippen LogP contribution in [0.1, 0.15) is 17.2 Å². The minimum absolute atomic E-state index is 0.247. The molecular weight excluding hydrogens is 418 g/mol. The van der Waals surface area contributed by atoms with Crippen molar-refractivity contribution >= 4 is 28.7 Å². The molecule has 0 bridgehead atoms. The first kappa shape index (κ1) is 23.3. The highest BCUT2D eigenvalue weighted by atomic mass is 16.5. The van der Waals surface area contributed by atoms with Gasteiger partial charge in [0, 0.05) is 23.5 Å². The number of nitrogens with one attached hydrogen (secondary N) is 3. The van der Waals surface area contributed by atoms with Crippen molar-refractivity contribution in [1.29, 1.82) is 5.41 Å². The number of carbonyl (C=O) groups is 2. The van der Waals surface area contributed by atoms with Crippen LogP contribution in [-0.2, 0) is 9.59 Å². The highest BCUT2D eigenvalue weighted by Gasteiger charge is 2.27. The maximum absolute atomic E-state index is 13.6. The van der Waals surface area contributed by atoms with Gasteiger partial charge in [-0.25, -0.2) is 0 Å². The van der Waals surface area contributed by atoms with Crippen LogP contribution in [0.3, 0.4) is 0 Å². The molecule has 33 heavy (non-hydrogen) atoms. The minimum Gasteiger partial charge on any atom is -0.497 e. The van der Waals surface area contributed by atoms with E-state index in [1.54, 1.807) is 43.5 Å². The number of anilines is 1. The normalized spacial score (nSPS) is 11.8. The fraction of sp³-hybridized carbons (Fsp3) is 0.115. The molecule has 0 aromatic heterocycles. The molecule has 3 rings (SSSR count). The molecule has 0 fully saturated rings. The number of aliphatic carboxylic acids is 1. The molecule has 0 radical (unpaired) electrons. The van der Waals surface area contributed by atoms with Crippen LogP contribution < -0.4 is 15.4 Å². The fourth-order valence-electron chi connectivity index (χ4n) is 3.26. The zero-order chi connectivity index (χ0) is 23.6. The maximum atomic E-state index is 13.6. The Hall–Kier alpha value is -4.39. The molecule has 7 heteroatoms. The molecule has 0 aliphatic rings. The molecule has 168 valence electrons. The summed E-state index contributed by atoms with van der Waals surface area (Å²) in [6.07, 6.45) is 1.40. The molecule has 0 aliphatic heterocycles. The molecular formula is C26H25N3O4. The zero-order valence-corrected chi connectivity index (χ0v) is 18.1. The van der Waals surface area contributed by atoms with Gasteiger partial charge in [0.2, 0.25) is 5.78 Å². The second kappa shape index (κ2) is 11.3. The van der Waals surface area contributed by atoms with E-state index >= 15 is 0 Å². The number of allylic oxidation sites excluding steroid dienone is 1. The van der Waals surface area contributed by atoms with Crippen molar-refractivity contribution in [2.75, 3.05) is 19.0 Å². The third kappa shape index (κ3) is 6.30. The molecule has 0 aliphatic carbocycles. The minimum atomic E-state index is -1.04. The first-order valence-electron chi connectivity index (χ1n) is 10.3. The van der Waals surface area contributed by atoms with Gasteiger partial charge in [-0.2, -0.15) is 0 Å². The SMILES string of the molecule is COc1cccc(NC(C(=O)C(=N)/C(=C\NCC(=O)O)c2ccccc2)c2ccccc2)c1. The van der Waals surface area contributed by atoms with Crippen LogP contribution in [0, 0.1) is 5.41 Å². The summed E-state index contributed by atoms with van der Waals surface area (Å²) in [5.74, 6) is -0.869. The summed E-state index contributed by atoms with van der Waals surface area (Å²) < 4.78 is 5.28. The van der Waals surface area contributed by atoms with Gasteiger partial charge in [-0.15, -0.1) is 0 Å². The van der Waals surface area contributed by atoms with Crippen LogP contribution in [0.2, 0.25) is 0 Å². The van der Waals surface area contributed by atoms with E-state index in [0.717, 1.165) is 0 Å². The molecule has 3 aromatic rings. The van der Waals surface area contributed by atoms with Gasteiger partial charge in [0.05, 0.1) is 7.11 Å². The summed E-state index contributed by atoms with van der Waals surface area (Å²) in [5.41, 5.74) is 2.04. The van der Waals surface area contributed by atoms with Crippen LogP contribution in [-0.4, -0.2) is 36.2 Å². The molecule has 0 spiro atoms. The van der Waals surface area contributed by atoms with E-state index in [1.165, 1.54) is 6.20 Å². The summed E-state index contributed by atoms with van der Waals surface area (Å²) in [5, 5.41) is 23.6. The molecule has 0 amide bonds. The number of rotatable bonds is 11. The average molecular weight is 444 g/mol. The van der Waals surface area contributed by atoms with Gasteiger partial charge in [0.1, 0.15) is 24.0 Å². The van der Waals surface area contributed by atoms with Gasteiger partial charge in [0.25, 0.3) is 0 Å². The van der Waals surface area contributed by atoms with Gasteiger partial charge >= 0.3 is 5.97 Å². The molecule has 4 N–H and O–H groups in total. The van der Waals surface area contributed by atoms with Crippen molar-refractivity contribution in [3.05, 3.63) is 102 Å². The lowest BCUT2D eigenvalue weighted by Crippen LogP contribution is -2.29. The van der Waals surface area contributed by atoms with Gasteiger partial charge in [0.15, 0.2) is 0 Å². The van der Waals surface area contributed by atoms with E-state index in [0.29, 0.717) is 28.1 Å². The number of carboxylic acids is 1. The second-order valence-corrected chi connectivity index (χ2v) is 7.16. The highest BCUT2D eigenvalue weighted by molar-refractivity contribution is 6.56. The Morgan fingerprint density at radius 3 is 2.30 bits per heavy atom. The smallest absolute Gasteiger partial charge is 0.322 e. The predicted molar refractivity (Wildman–Crippen MR) is 129 cm³/mol. The summed E-state index contributed by atoms with van der Waals surface area (Å²) in [4.78, 5) is 24.5. The third-order valence-electron chi connectivity index (χ3n) is 4.88. The number of carboxylic acid groups (broad SMARTS) is 1. The Morgan fingerprint density at radius 1 is 1.00 bits per heavy atom. The lowest BCUT2D eigenvalue weighted by molar-refractivity contribution is -0.135. The molecule has 1 atom stereocenters. The van der Waals surface area contributed by atoms with E-state index in [-0.39, 0.29) is 12.3 Å². The molecule has 0 saturated heterocycles. The monoisotopic (exact) mass is 443 g/mol. The number of benzene rings is 3. The van der Waals surface area contributed by atoms with Gasteiger partial charge in [-0.3, -0.25) is 15.0 Å². The second-order valence-electron chi connectivity index (χ2n) is 7.16. The van der Waals surface area contributed by atoms with Crippen LogP contribution in [0.15, 0.2) is 91.1 Å². The summed E-state index contributed by atoms with van der Waals surface area (Å²) in [6.45, 7) is -0.331. The lowest BCUT2D eigenvalue weighted by Gasteiger charge is -2.21. The van der Waals surface area contributed by atoms with Crippen molar-refractivity contribution in [2.45, 2.75) is 6.04 Å². The Kier molecular flexibility index (Phi) is 7.96. The van der Waals surface area contributed by atoms with Crippen molar-refractivity contribution in [3.8, 4) is 5.75 Å². The largest absolute Gasteiger partial charge is 0.497 e. The van der Waals surface area contributed by atoms with Gasteiger partial charge in [-0.1, -0.05) is 66.7 Å². The van der Waals surface area contributed by atoms with Crippen molar-refractivity contribution in [2.24, 2.45) is 0 Å². The summed E-state index contributed by atoms with van der Waals surface area (Å²) in [6, 6.07) is 24.5. The third-order valence-corrected chi connectivity index (χ3v) is 4.88. The Labute approximate surface area is 192 Å². The quantitative estimate of drug-likeness (QED) is 0.331. The number of hydrogen-bond acceptors (Lipinski definition) is 6. The van der Waals surface area contributed by atoms with Crippen LogP contribution in [0.5, 0.6) is 5.75 Å². The van der Waals surface area contributed by atoms with E-state index in [1.807, 2.05) is 48.5 Å². The number of ketones is 1. The van der Waals surface area contributed by atoms with Gasteiger partial charge < -0.3 is 20.5 Å². The number of ether oxygens (including phenoxy) is 1. The molecule has 3 aromatic carbocycles. The summed E-state index contributed by atoms with van der Waals surface area (Å²) >= 11 is 0. The first-order valence-corrected chi connectivity index (χ1v) is 10.3. The fourth-order valence-corrected chi connectivity index (χ4v) is 3.26. The average Bonchev–Trinajstić information content (AvgIpc) is 2.85. The summed E-state index contributed by atoms with van der Waals surface area (Å²) in [7, 11) is 1.57. The van der Waals surface area contributed by atoms with E-state index in [4.69, 9.17) is 15.3 Å². The van der Waals surface area contributed by atoms with Crippen LogP contribution in [0.4, 0.5) is 5.69 Å². The maximum Gasteiger partial charge on any atom is 0.322 e. The van der Waals surface area contributed by atoms with Crippen molar-refractivity contribution < 1.29 is 19.4 Å². The number of hydrogen-bond donors (Lipinski definition) is 4. The number of Topliss-reactive ketones (excluding diaryl/α,β-unsaturated/α-hetero) is 1. The Bertz CT molecular complexity index is 1140. The molecule has 7 nitrogen and oxygen atoms in total. The highest BCUT2D eigenvalue weighted by Crippen LogP contribution is 2.26. The van der Waals surface area contributed by atoms with E-state index in [9.17, 15) is 9.59 Å². The van der Waals surface area contributed by atoms with E-state index in [2.05, 4.69) is 10.6 Å². The zero-order valence-electron chi connectivity index (χ0n) is 18.1. The topological polar surface area (TPSA) is 112 Å². The van der Waals surface area contributed by atoms with Crippen LogP contribution in [0.25, 0.3) is 5.57 Å². The molecule has 1 unspecified atom stereocenters.